The van der Waals surface area contributed by atoms with E-state index in [2.05, 4.69) is 21.9 Å². The van der Waals surface area contributed by atoms with E-state index < -0.39 is 0 Å². The highest BCUT2D eigenvalue weighted by Crippen LogP contribution is 2.14. The van der Waals surface area contributed by atoms with Crippen molar-refractivity contribution in [2.45, 2.75) is 13.0 Å². The Hall–Kier alpha value is -1.49. The van der Waals surface area contributed by atoms with Gasteiger partial charge in [-0.25, -0.2) is 9.97 Å². The van der Waals surface area contributed by atoms with Gasteiger partial charge in [0.2, 0.25) is 5.82 Å². The van der Waals surface area contributed by atoms with Gasteiger partial charge in [0.05, 0.1) is 5.69 Å². The Bertz CT molecular complexity index is 416. The molecule has 5 heteroatoms. The van der Waals surface area contributed by atoms with Gasteiger partial charge in [0, 0.05) is 33.4 Å². The molecule has 2 heterocycles. The van der Waals surface area contributed by atoms with Crippen LogP contribution in [0.1, 0.15) is 21.9 Å². The van der Waals surface area contributed by atoms with Crippen molar-refractivity contribution in [3.63, 3.8) is 0 Å². The van der Waals surface area contributed by atoms with E-state index in [0.717, 1.165) is 30.8 Å². The van der Waals surface area contributed by atoms with Crippen LogP contribution in [0.15, 0.2) is 6.20 Å². The Morgan fingerprint density at radius 3 is 2.94 bits per heavy atom. The third-order valence-corrected chi connectivity index (χ3v) is 2.73. The molecule has 0 aliphatic carbocycles. The molecule has 1 aliphatic heterocycles. The van der Waals surface area contributed by atoms with E-state index in [9.17, 15) is 4.79 Å². The van der Waals surface area contributed by atoms with Crippen LogP contribution in [0, 0.1) is 0 Å². The van der Waals surface area contributed by atoms with Crippen molar-refractivity contribution in [2.24, 2.45) is 0 Å². The number of nitrogens with zero attached hydrogens (tertiary/aromatic N) is 4. The molecular formula is C11H16N4O. The average Bonchev–Trinajstić information content (AvgIpc) is 2.26. The second-order valence-corrected chi connectivity index (χ2v) is 4.35. The van der Waals surface area contributed by atoms with Crippen molar-refractivity contribution in [3.05, 3.63) is 23.3 Å². The Morgan fingerprint density at radius 2 is 2.25 bits per heavy atom. The first-order chi connectivity index (χ1) is 7.58. The van der Waals surface area contributed by atoms with Crippen LogP contribution in [-0.2, 0) is 13.0 Å². The summed E-state index contributed by atoms with van der Waals surface area (Å²) >= 11 is 0. The lowest BCUT2D eigenvalue weighted by molar-refractivity contribution is 0.0815. The molecule has 1 aromatic rings. The largest absolute Gasteiger partial charge is 0.342 e. The van der Waals surface area contributed by atoms with Crippen LogP contribution in [0.3, 0.4) is 0 Å². The number of hydrogen-bond acceptors (Lipinski definition) is 4. The zero-order valence-electron chi connectivity index (χ0n) is 9.90. The highest BCUT2D eigenvalue weighted by atomic mass is 16.2. The second-order valence-electron chi connectivity index (χ2n) is 4.35. The number of aromatic nitrogens is 2. The first-order valence-corrected chi connectivity index (χ1v) is 5.33. The molecule has 16 heavy (non-hydrogen) atoms. The van der Waals surface area contributed by atoms with E-state index in [1.807, 2.05) is 0 Å². The van der Waals surface area contributed by atoms with E-state index in [-0.39, 0.29) is 5.91 Å². The Kier molecular flexibility index (Phi) is 2.87. The van der Waals surface area contributed by atoms with Gasteiger partial charge in [-0.1, -0.05) is 0 Å². The Morgan fingerprint density at radius 1 is 1.50 bits per heavy atom. The van der Waals surface area contributed by atoms with Gasteiger partial charge in [-0.3, -0.25) is 4.79 Å². The predicted molar refractivity (Wildman–Crippen MR) is 60.1 cm³/mol. The lowest BCUT2D eigenvalue weighted by atomic mass is 10.1. The summed E-state index contributed by atoms with van der Waals surface area (Å²) in [5, 5.41) is 0. The number of carbonyl (C=O) groups is 1. The molecule has 1 amide bonds. The Balaban J connectivity index is 2.31. The van der Waals surface area contributed by atoms with Crippen LogP contribution in [-0.4, -0.2) is 53.4 Å². The van der Waals surface area contributed by atoms with Gasteiger partial charge in [0.1, 0.15) is 0 Å². The monoisotopic (exact) mass is 220 g/mol. The molecule has 0 aromatic carbocycles. The minimum Gasteiger partial charge on any atom is -0.342 e. The molecule has 1 aromatic heterocycles. The first kappa shape index (κ1) is 11.0. The van der Waals surface area contributed by atoms with Crippen molar-refractivity contribution in [3.8, 4) is 0 Å². The number of hydrogen-bond donors (Lipinski definition) is 0. The zero-order valence-corrected chi connectivity index (χ0v) is 9.90. The molecule has 5 nitrogen and oxygen atoms in total. The normalized spacial score (nSPS) is 15.7. The van der Waals surface area contributed by atoms with E-state index in [1.165, 1.54) is 4.90 Å². The van der Waals surface area contributed by atoms with Gasteiger partial charge < -0.3 is 9.80 Å². The number of fused-ring (bicyclic) bond motifs is 1. The zero-order chi connectivity index (χ0) is 11.7. The number of likely N-dealkylation sites (N-methyl/N-ethyl adjacent to an activating group) is 1. The molecule has 0 radical (unpaired) electrons. The summed E-state index contributed by atoms with van der Waals surface area (Å²) in [5.41, 5.74) is 2.14. The fourth-order valence-corrected chi connectivity index (χ4v) is 1.74. The van der Waals surface area contributed by atoms with E-state index in [0.29, 0.717) is 5.82 Å². The second kappa shape index (κ2) is 4.17. The molecule has 0 unspecified atom stereocenters. The minimum atomic E-state index is -0.143. The van der Waals surface area contributed by atoms with Crippen molar-refractivity contribution in [1.82, 2.24) is 19.8 Å². The maximum absolute atomic E-state index is 11.7. The van der Waals surface area contributed by atoms with Crippen LogP contribution in [0.4, 0.5) is 0 Å². The number of rotatable bonds is 1. The molecule has 86 valence electrons. The summed E-state index contributed by atoms with van der Waals surface area (Å²) < 4.78 is 0. The molecule has 0 saturated carbocycles. The van der Waals surface area contributed by atoms with Crippen molar-refractivity contribution >= 4 is 5.91 Å². The van der Waals surface area contributed by atoms with E-state index in [1.54, 1.807) is 20.3 Å². The molecular weight excluding hydrogens is 204 g/mol. The first-order valence-electron chi connectivity index (χ1n) is 5.33. The number of carbonyl (C=O) groups excluding carboxylic acids is 1. The SMILES string of the molecule is CN1CCc2cnc(C(=O)N(C)C)nc2C1. The molecule has 0 fully saturated rings. The molecule has 1 aliphatic rings. The maximum Gasteiger partial charge on any atom is 0.291 e. The third-order valence-electron chi connectivity index (χ3n) is 2.73. The highest BCUT2D eigenvalue weighted by molar-refractivity contribution is 5.90. The smallest absolute Gasteiger partial charge is 0.291 e. The predicted octanol–water partition coefficient (Wildman–Crippen LogP) is 0.166. The highest BCUT2D eigenvalue weighted by Gasteiger charge is 2.18. The van der Waals surface area contributed by atoms with E-state index >= 15 is 0 Å². The van der Waals surface area contributed by atoms with Gasteiger partial charge in [0.15, 0.2) is 0 Å². The lowest BCUT2D eigenvalue weighted by Gasteiger charge is -2.23. The summed E-state index contributed by atoms with van der Waals surface area (Å²) in [6, 6.07) is 0. The summed E-state index contributed by atoms with van der Waals surface area (Å²) in [5.74, 6) is 0.148. The van der Waals surface area contributed by atoms with Crippen LogP contribution >= 0.6 is 0 Å². The van der Waals surface area contributed by atoms with Gasteiger partial charge in [-0.15, -0.1) is 0 Å². The number of amides is 1. The van der Waals surface area contributed by atoms with Crippen LogP contribution < -0.4 is 0 Å². The lowest BCUT2D eigenvalue weighted by Crippen LogP contribution is -2.30. The fourth-order valence-electron chi connectivity index (χ4n) is 1.74. The van der Waals surface area contributed by atoms with Crippen molar-refractivity contribution in [1.29, 1.82) is 0 Å². The van der Waals surface area contributed by atoms with Gasteiger partial charge in [-0.05, 0) is 19.0 Å². The van der Waals surface area contributed by atoms with Crippen LogP contribution in [0.25, 0.3) is 0 Å². The summed E-state index contributed by atoms with van der Waals surface area (Å²) in [6.07, 6.45) is 2.74. The maximum atomic E-state index is 11.7. The minimum absolute atomic E-state index is 0.143. The Labute approximate surface area is 95.1 Å². The van der Waals surface area contributed by atoms with E-state index in [4.69, 9.17) is 0 Å². The molecule has 0 bridgehead atoms. The van der Waals surface area contributed by atoms with Crippen LogP contribution in [0.5, 0.6) is 0 Å². The molecule has 0 N–H and O–H groups in total. The fraction of sp³-hybridized carbons (Fsp3) is 0.545. The standard InChI is InChI=1S/C11H16N4O/c1-14(2)11(16)10-12-6-8-4-5-15(3)7-9(8)13-10/h6H,4-5,7H2,1-3H3. The van der Waals surface area contributed by atoms with Gasteiger partial charge >= 0.3 is 0 Å². The van der Waals surface area contributed by atoms with Crippen molar-refractivity contribution < 1.29 is 4.79 Å². The van der Waals surface area contributed by atoms with Crippen molar-refractivity contribution in [2.75, 3.05) is 27.7 Å². The summed E-state index contributed by atoms with van der Waals surface area (Å²) in [6.45, 7) is 1.82. The summed E-state index contributed by atoms with van der Waals surface area (Å²) in [4.78, 5) is 23.8. The third kappa shape index (κ3) is 2.04. The molecule has 0 spiro atoms. The quantitative estimate of drug-likeness (QED) is 0.677. The molecule has 2 rings (SSSR count). The van der Waals surface area contributed by atoms with Gasteiger partial charge in [0.25, 0.3) is 5.91 Å². The molecule has 0 saturated heterocycles. The van der Waals surface area contributed by atoms with Gasteiger partial charge in [-0.2, -0.15) is 0 Å². The topological polar surface area (TPSA) is 49.3 Å². The average molecular weight is 220 g/mol. The van der Waals surface area contributed by atoms with Crippen LogP contribution in [0.2, 0.25) is 0 Å². The summed E-state index contributed by atoms with van der Waals surface area (Å²) in [7, 11) is 5.47. The molecule has 0 atom stereocenters.